The highest BCUT2D eigenvalue weighted by atomic mass is 16.5. The van der Waals surface area contributed by atoms with Gasteiger partial charge in [0.25, 0.3) is 0 Å². The molecule has 0 aromatic heterocycles. The smallest absolute Gasteiger partial charge is 0.239 e. The number of ether oxygens (including phenoxy) is 1. The average Bonchev–Trinajstić information content (AvgIpc) is 2.37. The summed E-state index contributed by atoms with van der Waals surface area (Å²) in [6.45, 7) is 10.9. The lowest BCUT2D eigenvalue weighted by Crippen LogP contribution is -2.46. The predicted octanol–water partition coefficient (Wildman–Crippen LogP) is 0.411. The molecule has 0 spiro atoms. The highest BCUT2D eigenvalue weighted by molar-refractivity contribution is 5.81. The number of nitrogens with one attached hydrogen (secondary N) is 1. The molecule has 0 aliphatic carbocycles. The molecule has 1 atom stereocenters. The summed E-state index contributed by atoms with van der Waals surface area (Å²) < 4.78 is 5.02. The van der Waals surface area contributed by atoms with Crippen molar-refractivity contribution in [3.63, 3.8) is 0 Å². The van der Waals surface area contributed by atoms with Crippen LogP contribution in [0.4, 0.5) is 0 Å². The summed E-state index contributed by atoms with van der Waals surface area (Å²) in [6, 6.07) is -0.110. The van der Waals surface area contributed by atoms with Crippen molar-refractivity contribution in [1.29, 1.82) is 0 Å². The first-order valence-electron chi connectivity index (χ1n) is 6.76. The maximum Gasteiger partial charge on any atom is 0.239 e. The molecule has 18 heavy (non-hydrogen) atoms. The second-order valence-electron chi connectivity index (χ2n) is 4.48. The van der Waals surface area contributed by atoms with Crippen molar-refractivity contribution in [2.24, 2.45) is 0 Å². The van der Waals surface area contributed by atoms with E-state index in [4.69, 9.17) is 4.74 Å². The zero-order chi connectivity index (χ0) is 14.0. The van der Waals surface area contributed by atoms with Gasteiger partial charge < -0.3 is 19.9 Å². The van der Waals surface area contributed by atoms with E-state index in [-0.39, 0.29) is 11.9 Å². The van der Waals surface area contributed by atoms with E-state index in [9.17, 15) is 4.79 Å². The third-order valence-electron chi connectivity index (χ3n) is 3.07. The van der Waals surface area contributed by atoms with Gasteiger partial charge in [0.05, 0.1) is 12.6 Å². The van der Waals surface area contributed by atoms with E-state index in [0.717, 1.165) is 39.3 Å². The van der Waals surface area contributed by atoms with Crippen LogP contribution in [0.25, 0.3) is 0 Å². The maximum absolute atomic E-state index is 12.0. The summed E-state index contributed by atoms with van der Waals surface area (Å²) in [5.41, 5.74) is 0. The zero-order valence-corrected chi connectivity index (χ0v) is 12.5. The predicted molar refractivity (Wildman–Crippen MR) is 74.8 cm³/mol. The van der Waals surface area contributed by atoms with Crippen LogP contribution in [0.1, 0.15) is 20.8 Å². The molecule has 1 N–H and O–H groups in total. The molecule has 0 aromatic rings. The Morgan fingerprint density at radius 3 is 2.39 bits per heavy atom. The fourth-order valence-corrected chi connectivity index (χ4v) is 1.73. The van der Waals surface area contributed by atoms with E-state index in [1.807, 2.05) is 25.7 Å². The molecule has 0 aliphatic rings. The fraction of sp³-hybridized carbons (Fsp3) is 0.923. The van der Waals surface area contributed by atoms with Gasteiger partial charge in [-0.3, -0.25) is 4.79 Å². The summed E-state index contributed by atoms with van der Waals surface area (Å²) in [5.74, 6) is 0.180. The second-order valence-corrected chi connectivity index (χ2v) is 4.48. The molecule has 5 nitrogen and oxygen atoms in total. The first-order chi connectivity index (χ1) is 8.56. The monoisotopic (exact) mass is 259 g/mol. The van der Waals surface area contributed by atoms with Crippen molar-refractivity contribution in [2.45, 2.75) is 26.8 Å². The maximum atomic E-state index is 12.0. The normalized spacial score (nSPS) is 12.8. The van der Waals surface area contributed by atoms with Crippen LogP contribution in [0.15, 0.2) is 0 Å². The summed E-state index contributed by atoms with van der Waals surface area (Å²) in [4.78, 5) is 16.0. The Morgan fingerprint density at radius 2 is 1.89 bits per heavy atom. The van der Waals surface area contributed by atoms with Crippen LogP contribution in [0.3, 0.4) is 0 Å². The van der Waals surface area contributed by atoms with Crippen LogP contribution in [0.5, 0.6) is 0 Å². The molecule has 1 amide bonds. The van der Waals surface area contributed by atoms with Crippen molar-refractivity contribution < 1.29 is 9.53 Å². The Bertz CT molecular complexity index is 220. The van der Waals surface area contributed by atoms with Gasteiger partial charge in [0.15, 0.2) is 0 Å². The van der Waals surface area contributed by atoms with Crippen molar-refractivity contribution >= 4 is 5.91 Å². The van der Waals surface area contributed by atoms with Gasteiger partial charge in [-0.1, -0.05) is 0 Å². The molecule has 0 radical (unpaired) electrons. The van der Waals surface area contributed by atoms with Crippen molar-refractivity contribution in [3.8, 4) is 0 Å². The molecule has 5 heteroatoms. The van der Waals surface area contributed by atoms with Gasteiger partial charge in [0, 0.05) is 39.8 Å². The largest absolute Gasteiger partial charge is 0.383 e. The van der Waals surface area contributed by atoms with E-state index < -0.39 is 0 Å². The first kappa shape index (κ1) is 17.4. The van der Waals surface area contributed by atoms with Crippen LogP contribution in [0, 0.1) is 0 Å². The van der Waals surface area contributed by atoms with Gasteiger partial charge in [0.2, 0.25) is 5.91 Å². The van der Waals surface area contributed by atoms with Crippen LogP contribution in [-0.4, -0.2) is 75.2 Å². The molecule has 0 aromatic carbocycles. The van der Waals surface area contributed by atoms with Gasteiger partial charge in [-0.2, -0.15) is 0 Å². The molecule has 0 rings (SSSR count). The topological polar surface area (TPSA) is 44.8 Å². The number of hydrogen-bond acceptors (Lipinski definition) is 4. The highest BCUT2D eigenvalue weighted by Gasteiger charge is 2.17. The number of carbonyl (C=O) groups excluding carboxylic acids is 1. The number of hydrogen-bond donors (Lipinski definition) is 1. The van der Waals surface area contributed by atoms with Gasteiger partial charge in [-0.25, -0.2) is 0 Å². The zero-order valence-electron chi connectivity index (χ0n) is 12.5. The first-order valence-corrected chi connectivity index (χ1v) is 6.76. The number of amides is 1. The number of carbonyl (C=O) groups is 1. The van der Waals surface area contributed by atoms with E-state index in [0.29, 0.717) is 0 Å². The Kier molecular flexibility index (Phi) is 9.92. The van der Waals surface area contributed by atoms with E-state index >= 15 is 0 Å². The summed E-state index contributed by atoms with van der Waals surface area (Å²) in [5, 5.41) is 3.27. The molecule has 0 bridgehead atoms. The minimum Gasteiger partial charge on any atom is -0.383 e. The molecule has 0 fully saturated rings. The highest BCUT2D eigenvalue weighted by Crippen LogP contribution is 1.94. The van der Waals surface area contributed by atoms with Gasteiger partial charge >= 0.3 is 0 Å². The van der Waals surface area contributed by atoms with Crippen LogP contribution in [-0.2, 0) is 9.53 Å². The lowest BCUT2D eigenvalue weighted by molar-refractivity contribution is -0.132. The van der Waals surface area contributed by atoms with Crippen LogP contribution >= 0.6 is 0 Å². The van der Waals surface area contributed by atoms with Gasteiger partial charge in [-0.05, 0) is 27.8 Å². The van der Waals surface area contributed by atoms with Crippen LogP contribution in [0.2, 0.25) is 0 Å². The fourth-order valence-electron chi connectivity index (χ4n) is 1.73. The Hall–Kier alpha value is -0.650. The van der Waals surface area contributed by atoms with E-state index in [2.05, 4.69) is 17.3 Å². The third-order valence-corrected chi connectivity index (χ3v) is 3.07. The molecule has 0 saturated carbocycles. The lowest BCUT2D eigenvalue weighted by Gasteiger charge is -2.24. The minimum atomic E-state index is -0.110. The molecular weight excluding hydrogens is 230 g/mol. The Balaban J connectivity index is 3.81. The Labute approximate surface area is 111 Å². The molecule has 0 heterocycles. The minimum absolute atomic E-state index is 0.110. The molecule has 0 aliphatic heterocycles. The lowest BCUT2D eigenvalue weighted by atomic mass is 10.2. The summed E-state index contributed by atoms with van der Waals surface area (Å²) in [7, 11) is 3.76. The molecule has 1 unspecified atom stereocenters. The number of methoxy groups -OCH3 is 1. The van der Waals surface area contributed by atoms with Crippen molar-refractivity contribution in [2.75, 3.05) is 53.5 Å². The number of rotatable bonds is 10. The van der Waals surface area contributed by atoms with Gasteiger partial charge in [-0.15, -0.1) is 0 Å². The van der Waals surface area contributed by atoms with Crippen molar-refractivity contribution in [1.82, 2.24) is 15.1 Å². The number of likely N-dealkylation sites (N-methyl/N-ethyl adjacent to an activating group) is 2. The van der Waals surface area contributed by atoms with E-state index in [1.165, 1.54) is 0 Å². The standard InChI is InChI=1S/C13H29N3O2/c1-6-16(7-2)13(17)12(3)14-8-9-15(4)10-11-18-5/h12,14H,6-11H2,1-5H3. The molecular formula is C13H29N3O2. The number of nitrogens with zero attached hydrogens (tertiary/aromatic N) is 2. The molecule has 108 valence electrons. The van der Waals surface area contributed by atoms with E-state index in [1.54, 1.807) is 7.11 Å². The van der Waals surface area contributed by atoms with Gasteiger partial charge in [0.1, 0.15) is 0 Å². The average molecular weight is 259 g/mol. The third kappa shape index (κ3) is 6.93. The molecule has 0 saturated heterocycles. The Morgan fingerprint density at radius 1 is 1.28 bits per heavy atom. The van der Waals surface area contributed by atoms with Crippen LogP contribution < -0.4 is 5.32 Å². The summed E-state index contributed by atoms with van der Waals surface area (Å²) in [6.07, 6.45) is 0. The van der Waals surface area contributed by atoms with Crippen molar-refractivity contribution in [3.05, 3.63) is 0 Å². The second kappa shape index (κ2) is 10.3. The summed E-state index contributed by atoms with van der Waals surface area (Å²) >= 11 is 0. The quantitative estimate of drug-likeness (QED) is 0.617. The SMILES string of the molecule is CCN(CC)C(=O)C(C)NCCN(C)CCOC.